The molecule has 0 saturated carbocycles. The van der Waals surface area contributed by atoms with Crippen LogP contribution in [0.4, 0.5) is 18.9 Å². The van der Waals surface area contributed by atoms with Gasteiger partial charge in [-0.1, -0.05) is 66.7 Å². The molecule has 4 rings (SSSR count). The molecule has 0 aromatic heterocycles. The summed E-state index contributed by atoms with van der Waals surface area (Å²) in [4.78, 5) is 41.7. The maximum Gasteiger partial charge on any atom is 0.491 e. The molecule has 0 fully saturated rings. The maximum atomic E-state index is 13.8. The fraction of sp³-hybridized carbons (Fsp3) is 0.270. The van der Waals surface area contributed by atoms with Crippen molar-refractivity contribution < 1.29 is 32.3 Å². The molecule has 9 nitrogen and oxygen atoms in total. The third-order valence-electron chi connectivity index (χ3n) is 7.78. The Morgan fingerprint density at radius 1 is 0.857 bits per heavy atom. The highest BCUT2D eigenvalue weighted by Crippen LogP contribution is 2.26. The van der Waals surface area contributed by atoms with Gasteiger partial charge in [0.1, 0.15) is 5.75 Å². The lowest BCUT2D eigenvalue weighted by Gasteiger charge is -2.28. The summed E-state index contributed by atoms with van der Waals surface area (Å²) in [6.45, 7) is 1.99. The molecular formula is C37H40F3N5O4. The second kappa shape index (κ2) is 17.3. The van der Waals surface area contributed by atoms with Gasteiger partial charge in [-0.25, -0.2) is 4.79 Å². The monoisotopic (exact) mass is 675 g/mol. The fourth-order valence-corrected chi connectivity index (χ4v) is 5.28. The van der Waals surface area contributed by atoms with Gasteiger partial charge in [0.25, 0.3) is 5.91 Å². The molecule has 49 heavy (non-hydrogen) atoms. The Kier molecular flexibility index (Phi) is 12.9. The second-order valence-electron chi connectivity index (χ2n) is 11.5. The lowest BCUT2D eigenvalue weighted by molar-refractivity contribution is -0.189. The van der Waals surface area contributed by atoms with E-state index in [1.165, 1.54) is 24.3 Å². The first-order valence-electron chi connectivity index (χ1n) is 15.8. The number of hydrogen-bond acceptors (Lipinski definition) is 7. The van der Waals surface area contributed by atoms with Crippen LogP contribution in [0.2, 0.25) is 0 Å². The van der Waals surface area contributed by atoms with E-state index in [4.69, 9.17) is 11.5 Å². The van der Waals surface area contributed by atoms with Gasteiger partial charge in [0.2, 0.25) is 5.91 Å². The van der Waals surface area contributed by atoms with Crippen molar-refractivity contribution in [3.63, 3.8) is 0 Å². The third kappa shape index (κ3) is 10.6. The third-order valence-corrected chi connectivity index (χ3v) is 7.78. The van der Waals surface area contributed by atoms with E-state index in [2.05, 4.69) is 15.0 Å². The van der Waals surface area contributed by atoms with Gasteiger partial charge in [-0.05, 0) is 71.5 Å². The van der Waals surface area contributed by atoms with E-state index < -0.39 is 18.2 Å². The number of esters is 1. The quantitative estimate of drug-likeness (QED) is 0.120. The van der Waals surface area contributed by atoms with Crippen LogP contribution < -0.4 is 26.4 Å². The summed E-state index contributed by atoms with van der Waals surface area (Å²) >= 11 is 0. The van der Waals surface area contributed by atoms with Crippen molar-refractivity contribution in [3.05, 3.63) is 120 Å². The van der Waals surface area contributed by atoms with Crippen LogP contribution in [0.25, 0.3) is 11.1 Å². The Morgan fingerprint density at radius 3 is 2.24 bits per heavy atom. The topological polar surface area (TPSA) is 131 Å². The number of carbonyl (C=O) groups is 3. The Morgan fingerprint density at radius 2 is 1.55 bits per heavy atom. The lowest BCUT2D eigenvalue weighted by Crippen LogP contribution is -2.45. The number of carbonyl (C=O) groups excluding carboxylic acids is 3. The number of benzene rings is 4. The summed E-state index contributed by atoms with van der Waals surface area (Å²) in [5.74, 6) is -3.12. The van der Waals surface area contributed by atoms with E-state index in [0.717, 1.165) is 22.4 Å². The molecule has 0 saturated heterocycles. The van der Waals surface area contributed by atoms with Gasteiger partial charge in [-0.2, -0.15) is 13.2 Å². The van der Waals surface area contributed by atoms with Crippen molar-refractivity contribution >= 4 is 23.5 Å². The van der Waals surface area contributed by atoms with Crippen LogP contribution in [0.5, 0.6) is 5.75 Å². The normalized spacial score (nSPS) is 11.8. The van der Waals surface area contributed by atoms with Crippen molar-refractivity contribution in [1.29, 1.82) is 0 Å². The molecule has 0 aliphatic heterocycles. The predicted octanol–water partition coefficient (Wildman–Crippen LogP) is 4.93. The number of nitrogens with one attached hydrogen (secondary N) is 1. The van der Waals surface area contributed by atoms with Gasteiger partial charge in [0.15, 0.2) is 0 Å². The summed E-state index contributed by atoms with van der Waals surface area (Å²) in [6.07, 6.45) is -4.36. The molecule has 12 heteroatoms. The first kappa shape index (κ1) is 36.6. The number of amides is 2. The maximum absolute atomic E-state index is 13.8. The molecule has 258 valence electrons. The Bertz CT molecular complexity index is 1700. The number of ether oxygens (including phenoxy) is 1. The molecular weight excluding hydrogens is 635 g/mol. The minimum atomic E-state index is -5.12. The largest absolute Gasteiger partial charge is 0.491 e. The molecule has 0 aliphatic carbocycles. The molecule has 1 atom stereocenters. The van der Waals surface area contributed by atoms with Gasteiger partial charge < -0.3 is 31.3 Å². The van der Waals surface area contributed by atoms with Gasteiger partial charge in [-0.3, -0.25) is 9.59 Å². The highest BCUT2D eigenvalue weighted by atomic mass is 19.4. The van der Waals surface area contributed by atoms with E-state index in [9.17, 15) is 27.6 Å². The number of nitrogens with two attached hydrogens (primary N) is 2. The number of nitrogens with zero attached hydrogens (tertiary/aromatic N) is 2. The summed E-state index contributed by atoms with van der Waals surface area (Å²) in [6, 6.07) is 29.2. The number of para-hydroxylation sites is 1. The molecule has 4 aromatic carbocycles. The van der Waals surface area contributed by atoms with Crippen molar-refractivity contribution in [2.75, 3.05) is 38.1 Å². The van der Waals surface area contributed by atoms with E-state index in [-0.39, 0.29) is 30.5 Å². The number of anilines is 1. The number of halogens is 3. The second-order valence-corrected chi connectivity index (χ2v) is 11.5. The van der Waals surface area contributed by atoms with Crippen LogP contribution in [0, 0.1) is 0 Å². The molecule has 2 amide bonds. The van der Waals surface area contributed by atoms with Crippen molar-refractivity contribution in [1.82, 2.24) is 10.2 Å². The highest BCUT2D eigenvalue weighted by molar-refractivity contribution is 6.00. The molecule has 0 bridgehead atoms. The van der Waals surface area contributed by atoms with Crippen molar-refractivity contribution in [3.8, 4) is 16.9 Å². The molecule has 0 heterocycles. The Labute approximate surface area is 283 Å². The smallest absolute Gasteiger partial charge is 0.420 e. The number of rotatable bonds is 15. The van der Waals surface area contributed by atoms with Crippen LogP contribution >= 0.6 is 0 Å². The van der Waals surface area contributed by atoms with E-state index in [0.29, 0.717) is 43.7 Å². The lowest BCUT2D eigenvalue weighted by atomic mass is 9.97. The van der Waals surface area contributed by atoms with Crippen LogP contribution in [-0.2, 0) is 22.6 Å². The molecule has 0 spiro atoms. The van der Waals surface area contributed by atoms with Gasteiger partial charge in [0.05, 0.1) is 6.04 Å². The van der Waals surface area contributed by atoms with E-state index in [1.807, 2.05) is 73.8 Å². The van der Waals surface area contributed by atoms with Crippen LogP contribution in [-0.4, -0.2) is 68.1 Å². The van der Waals surface area contributed by atoms with Crippen LogP contribution in [0.1, 0.15) is 27.9 Å². The van der Waals surface area contributed by atoms with E-state index >= 15 is 0 Å². The summed E-state index contributed by atoms with van der Waals surface area (Å²) in [5, 5.41) is 2.81. The standard InChI is InChI=1S/C37H40F3N5O4/c1-44(29-11-3-2-4-12-29)21-8-22-45(35(47)33(42)24-26-15-17-30(18-16-26)49-36(48)37(38,39)40)25-27-9-7-10-28(23-27)31-13-5-6-14-32(31)34(46)43-20-19-41/h2-7,9-18,23,33H,8,19-22,24-25,41-42H2,1H3,(H,43,46)/t33-/m0/s1. The zero-order valence-electron chi connectivity index (χ0n) is 27.2. The number of hydrogen-bond donors (Lipinski definition) is 3. The summed E-state index contributed by atoms with van der Waals surface area (Å²) < 4.78 is 42.1. The van der Waals surface area contributed by atoms with Gasteiger partial charge in [0, 0.05) is 51.0 Å². The van der Waals surface area contributed by atoms with Gasteiger partial charge >= 0.3 is 12.1 Å². The van der Waals surface area contributed by atoms with Gasteiger partial charge in [-0.15, -0.1) is 0 Å². The summed E-state index contributed by atoms with van der Waals surface area (Å²) in [5.41, 5.74) is 16.5. The number of alkyl halides is 3. The molecule has 0 aliphatic rings. The SMILES string of the molecule is CN(CCCN(Cc1cccc(-c2ccccc2C(=O)NCCN)c1)C(=O)[C@@H](N)Cc1ccc(OC(=O)C(F)(F)F)cc1)c1ccccc1. The van der Waals surface area contributed by atoms with E-state index in [1.54, 1.807) is 17.0 Å². The Hall–Kier alpha value is -5.20. The molecule has 0 radical (unpaired) electrons. The van der Waals surface area contributed by atoms with Crippen molar-refractivity contribution in [2.24, 2.45) is 11.5 Å². The average Bonchev–Trinajstić information content (AvgIpc) is 3.10. The first-order chi connectivity index (χ1) is 23.5. The zero-order valence-corrected chi connectivity index (χ0v) is 27.2. The predicted molar refractivity (Wildman–Crippen MR) is 183 cm³/mol. The zero-order chi connectivity index (χ0) is 35.4. The summed E-state index contributed by atoms with van der Waals surface area (Å²) in [7, 11) is 1.98. The molecule has 4 aromatic rings. The highest BCUT2D eigenvalue weighted by Gasteiger charge is 2.41. The van der Waals surface area contributed by atoms with Crippen LogP contribution in [0.3, 0.4) is 0 Å². The first-order valence-corrected chi connectivity index (χ1v) is 15.8. The average molecular weight is 676 g/mol. The molecule has 5 N–H and O–H groups in total. The minimum Gasteiger partial charge on any atom is -0.420 e. The Balaban J connectivity index is 1.51. The fourth-order valence-electron chi connectivity index (χ4n) is 5.28. The van der Waals surface area contributed by atoms with Crippen LogP contribution in [0.15, 0.2) is 103 Å². The molecule has 0 unspecified atom stereocenters. The van der Waals surface area contributed by atoms with Crippen molar-refractivity contribution in [2.45, 2.75) is 31.6 Å². The minimum absolute atomic E-state index is 0.109.